The number of nitrogens with zero attached hydrogens (tertiary/aromatic N) is 6. The van der Waals surface area contributed by atoms with Gasteiger partial charge in [0.2, 0.25) is 0 Å². The third-order valence-corrected chi connectivity index (χ3v) is 7.88. The first-order valence-electron chi connectivity index (χ1n) is 13.6. The average molecular weight is 524 g/mol. The van der Waals surface area contributed by atoms with E-state index in [2.05, 4.69) is 50.3 Å². The molecular weight excluding hydrogens is 490 g/mol. The van der Waals surface area contributed by atoms with Gasteiger partial charge < -0.3 is 9.40 Å². The molecule has 1 atom stereocenters. The minimum atomic E-state index is -0.512. The van der Waals surface area contributed by atoms with Crippen LogP contribution in [0.1, 0.15) is 78.0 Å². The van der Waals surface area contributed by atoms with Crippen LogP contribution in [0.5, 0.6) is 0 Å². The van der Waals surface area contributed by atoms with Gasteiger partial charge in [-0.05, 0) is 95.6 Å². The molecule has 4 heterocycles. The Morgan fingerprint density at radius 3 is 2.69 bits per heavy atom. The van der Waals surface area contributed by atoms with Crippen molar-refractivity contribution in [2.75, 3.05) is 0 Å². The highest BCUT2D eigenvalue weighted by Crippen LogP contribution is 2.34. The van der Waals surface area contributed by atoms with Crippen molar-refractivity contribution in [2.24, 2.45) is 0 Å². The molecule has 9 nitrogen and oxygen atoms in total. The number of nitrogens with one attached hydrogen (secondary N) is 1. The molecule has 1 fully saturated rings. The SMILES string of the molecule is Cc1cc2cc(C(c3nnnn3C3CCCCC3)N(Cc3cccnc3)Cc3ccco3)c(=O)[nH]c2cc1C. The van der Waals surface area contributed by atoms with Crippen LogP contribution in [0.15, 0.2) is 70.3 Å². The first-order valence-corrected chi connectivity index (χ1v) is 13.6. The number of benzene rings is 1. The first-order chi connectivity index (χ1) is 19.1. The lowest BCUT2D eigenvalue weighted by Crippen LogP contribution is -2.35. The molecule has 4 aromatic heterocycles. The zero-order valence-corrected chi connectivity index (χ0v) is 22.4. The minimum Gasteiger partial charge on any atom is -0.468 e. The summed E-state index contributed by atoms with van der Waals surface area (Å²) in [6.45, 7) is 5.14. The van der Waals surface area contributed by atoms with Gasteiger partial charge in [-0.3, -0.25) is 14.7 Å². The van der Waals surface area contributed by atoms with Gasteiger partial charge in [0.1, 0.15) is 11.8 Å². The maximum absolute atomic E-state index is 13.8. The Balaban J connectivity index is 1.53. The maximum Gasteiger partial charge on any atom is 0.253 e. The van der Waals surface area contributed by atoms with E-state index in [9.17, 15) is 4.79 Å². The summed E-state index contributed by atoms with van der Waals surface area (Å²) in [6, 6.07) is 13.7. The molecule has 9 heteroatoms. The predicted molar refractivity (Wildman–Crippen MR) is 148 cm³/mol. The molecule has 5 aromatic rings. The molecule has 0 saturated heterocycles. The van der Waals surface area contributed by atoms with E-state index >= 15 is 0 Å². The second-order valence-corrected chi connectivity index (χ2v) is 10.6. The predicted octanol–water partition coefficient (Wildman–Crippen LogP) is 5.42. The number of hydrogen-bond acceptors (Lipinski definition) is 7. The lowest BCUT2D eigenvalue weighted by atomic mass is 9.95. The summed E-state index contributed by atoms with van der Waals surface area (Å²) in [7, 11) is 0. The molecule has 1 N–H and O–H groups in total. The highest BCUT2D eigenvalue weighted by atomic mass is 16.3. The number of aromatic amines is 1. The van der Waals surface area contributed by atoms with E-state index in [1.165, 1.54) is 12.0 Å². The van der Waals surface area contributed by atoms with Crippen molar-refractivity contribution in [3.05, 3.63) is 105 Å². The third-order valence-electron chi connectivity index (χ3n) is 7.88. The highest BCUT2D eigenvalue weighted by molar-refractivity contribution is 5.81. The van der Waals surface area contributed by atoms with Crippen LogP contribution in [0, 0.1) is 13.8 Å². The van der Waals surface area contributed by atoms with Crippen molar-refractivity contribution >= 4 is 10.9 Å². The molecule has 1 aromatic carbocycles. The Morgan fingerprint density at radius 2 is 1.92 bits per heavy atom. The van der Waals surface area contributed by atoms with Crippen LogP contribution in [-0.2, 0) is 13.1 Å². The molecule has 39 heavy (non-hydrogen) atoms. The van der Waals surface area contributed by atoms with Crippen LogP contribution in [0.25, 0.3) is 10.9 Å². The summed E-state index contributed by atoms with van der Waals surface area (Å²) in [5, 5.41) is 14.2. The van der Waals surface area contributed by atoms with Crippen LogP contribution in [0.4, 0.5) is 0 Å². The summed E-state index contributed by atoms with van der Waals surface area (Å²) in [6.07, 6.45) is 10.9. The van der Waals surface area contributed by atoms with Gasteiger partial charge in [0.05, 0.1) is 18.8 Å². The molecule has 0 bridgehead atoms. The Kier molecular flexibility index (Phi) is 7.06. The van der Waals surface area contributed by atoms with Crippen molar-refractivity contribution in [2.45, 2.75) is 71.1 Å². The van der Waals surface area contributed by atoms with Gasteiger partial charge in [-0.25, -0.2) is 4.68 Å². The monoisotopic (exact) mass is 523 g/mol. The zero-order chi connectivity index (χ0) is 26.8. The fourth-order valence-electron chi connectivity index (χ4n) is 5.73. The smallest absolute Gasteiger partial charge is 0.253 e. The fraction of sp³-hybridized carbons (Fsp3) is 0.367. The molecule has 1 aliphatic carbocycles. The van der Waals surface area contributed by atoms with Crippen LogP contribution >= 0.6 is 0 Å². The van der Waals surface area contributed by atoms with Crippen molar-refractivity contribution in [1.82, 2.24) is 35.1 Å². The van der Waals surface area contributed by atoms with Crippen LogP contribution < -0.4 is 5.56 Å². The van der Waals surface area contributed by atoms with Crippen molar-refractivity contribution < 1.29 is 4.42 Å². The topological polar surface area (TPSA) is 106 Å². The Hall–Kier alpha value is -4.11. The third kappa shape index (κ3) is 5.27. The minimum absolute atomic E-state index is 0.149. The van der Waals surface area contributed by atoms with Crippen LogP contribution in [0.3, 0.4) is 0 Å². The highest BCUT2D eigenvalue weighted by Gasteiger charge is 2.33. The zero-order valence-electron chi connectivity index (χ0n) is 22.4. The van der Waals surface area contributed by atoms with Gasteiger partial charge in [-0.15, -0.1) is 5.10 Å². The number of tetrazole rings is 1. The Labute approximate surface area is 226 Å². The Bertz CT molecular complexity index is 1600. The van der Waals surface area contributed by atoms with E-state index in [0.717, 1.165) is 53.5 Å². The van der Waals surface area contributed by atoms with Gasteiger partial charge in [0.15, 0.2) is 5.82 Å². The molecule has 1 unspecified atom stereocenters. The number of H-pyrrole nitrogens is 1. The van der Waals surface area contributed by atoms with Gasteiger partial charge in [0.25, 0.3) is 5.56 Å². The molecule has 1 saturated carbocycles. The van der Waals surface area contributed by atoms with Gasteiger partial charge in [-0.2, -0.15) is 0 Å². The van der Waals surface area contributed by atoms with Crippen LogP contribution in [-0.4, -0.2) is 35.1 Å². The summed E-state index contributed by atoms with van der Waals surface area (Å²) < 4.78 is 7.74. The van der Waals surface area contributed by atoms with E-state index in [1.54, 1.807) is 12.5 Å². The van der Waals surface area contributed by atoms with Gasteiger partial charge in [0, 0.05) is 30.0 Å². The lowest BCUT2D eigenvalue weighted by Gasteiger charge is -2.32. The average Bonchev–Trinajstić information content (AvgIpc) is 3.64. The number of furan rings is 1. The second-order valence-electron chi connectivity index (χ2n) is 10.6. The van der Waals surface area contributed by atoms with Crippen molar-refractivity contribution in [1.29, 1.82) is 0 Å². The Morgan fingerprint density at radius 1 is 1.08 bits per heavy atom. The fourth-order valence-corrected chi connectivity index (χ4v) is 5.73. The summed E-state index contributed by atoms with van der Waals surface area (Å²) in [5.41, 5.74) is 4.61. The van der Waals surface area contributed by atoms with Crippen LogP contribution in [0.2, 0.25) is 0 Å². The number of rotatable bonds is 8. The maximum atomic E-state index is 13.8. The summed E-state index contributed by atoms with van der Waals surface area (Å²) in [4.78, 5) is 23.5. The summed E-state index contributed by atoms with van der Waals surface area (Å²) in [5.74, 6) is 1.47. The first kappa shape index (κ1) is 25.2. The number of aryl methyl sites for hydroxylation is 2. The normalized spacial score (nSPS) is 15.3. The standard InChI is InChI=1S/C30H33N7O2/c1-20-14-23-16-26(30(38)32-27(23)15-21(20)2)28(29-33-34-35-37(29)24-9-4-3-5-10-24)36(19-25-11-7-13-39-25)18-22-8-6-12-31-17-22/h6-8,11-17,24,28H,3-5,9-10,18-19H2,1-2H3,(H,32,38). The molecule has 0 amide bonds. The molecule has 1 aliphatic rings. The number of fused-ring (bicyclic) bond motifs is 1. The van der Waals surface area contributed by atoms with E-state index in [1.807, 2.05) is 47.3 Å². The molecule has 6 rings (SSSR count). The quantitative estimate of drug-likeness (QED) is 0.290. The molecule has 200 valence electrons. The van der Waals surface area contributed by atoms with Crippen molar-refractivity contribution in [3.8, 4) is 0 Å². The van der Waals surface area contributed by atoms with Crippen molar-refractivity contribution in [3.63, 3.8) is 0 Å². The number of hydrogen-bond donors (Lipinski definition) is 1. The van der Waals surface area contributed by atoms with E-state index in [0.29, 0.717) is 24.5 Å². The molecule has 0 aliphatic heterocycles. The van der Waals surface area contributed by atoms with E-state index < -0.39 is 6.04 Å². The molecular formula is C30H33N7O2. The second kappa shape index (κ2) is 10.9. The number of aromatic nitrogens is 6. The lowest BCUT2D eigenvalue weighted by molar-refractivity contribution is 0.173. The van der Waals surface area contributed by atoms with E-state index in [4.69, 9.17) is 4.42 Å². The summed E-state index contributed by atoms with van der Waals surface area (Å²) >= 11 is 0. The van der Waals surface area contributed by atoms with E-state index in [-0.39, 0.29) is 11.6 Å². The number of pyridine rings is 2. The largest absolute Gasteiger partial charge is 0.468 e. The molecule has 0 spiro atoms. The van der Waals surface area contributed by atoms with Gasteiger partial charge >= 0.3 is 0 Å². The molecule has 0 radical (unpaired) electrons. The van der Waals surface area contributed by atoms with Gasteiger partial charge in [-0.1, -0.05) is 25.3 Å².